The second-order valence-corrected chi connectivity index (χ2v) is 3.54. The van der Waals surface area contributed by atoms with Crippen LogP contribution in [0.2, 0.25) is 5.02 Å². The van der Waals surface area contributed by atoms with E-state index in [1.165, 1.54) is 12.1 Å². The molecule has 2 rings (SSSR count). The Morgan fingerprint density at radius 2 is 2.13 bits per heavy atom. The Hall–Kier alpha value is -1.86. The highest BCUT2D eigenvalue weighted by Gasteiger charge is 2.34. The topological polar surface area (TPSA) is 70.0 Å². The molecule has 1 N–H and O–H groups in total. The van der Waals surface area contributed by atoms with E-state index in [1.807, 2.05) is 0 Å². The van der Waals surface area contributed by atoms with Gasteiger partial charge in [-0.3, -0.25) is 9.59 Å². The molecule has 0 saturated heterocycles. The largest absolute Gasteiger partial charge is 0.324 e. The van der Waals surface area contributed by atoms with Gasteiger partial charge in [-0.05, 0) is 18.2 Å². The predicted octanol–water partition coefficient (Wildman–Crippen LogP) is 1.61. The summed E-state index contributed by atoms with van der Waals surface area (Å²) < 4.78 is 0. The maximum Gasteiger partial charge on any atom is 0.249 e. The Balaban J connectivity index is 2.56. The first kappa shape index (κ1) is 9.69. The molecule has 0 bridgehead atoms. The van der Waals surface area contributed by atoms with E-state index in [2.05, 4.69) is 5.32 Å². The van der Waals surface area contributed by atoms with Crippen LogP contribution in [0.1, 0.15) is 10.4 Å². The number of ketones is 1. The van der Waals surface area contributed by atoms with Crippen LogP contribution in [0.4, 0.5) is 5.69 Å². The van der Waals surface area contributed by atoms with E-state index < -0.39 is 17.6 Å². The molecule has 1 unspecified atom stereocenters. The number of carbonyl (C=O) groups excluding carboxylic acids is 2. The van der Waals surface area contributed by atoms with E-state index in [9.17, 15) is 9.59 Å². The minimum Gasteiger partial charge on any atom is -0.324 e. The van der Waals surface area contributed by atoms with E-state index in [0.717, 1.165) is 0 Å². The molecule has 1 amide bonds. The van der Waals surface area contributed by atoms with Crippen molar-refractivity contribution in [2.24, 2.45) is 5.92 Å². The van der Waals surface area contributed by atoms with Gasteiger partial charge in [0.15, 0.2) is 11.7 Å². The van der Waals surface area contributed by atoms with Crippen LogP contribution in [0.5, 0.6) is 0 Å². The molecule has 5 heteroatoms. The van der Waals surface area contributed by atoms with Crippen LogP contribution in [0.3, 0.4) is 0 Å². The van der Waals surface area contributed by atoms with Crippen molar-refractivity contribution in [3.63, 3.8) is 0 Å². The second kappa shape index (κ2) is 3.37. The Morgan fingerprint density at radius 1 is 1.40 bits per heavy atom. The molecule has 1 aromatic rings. The lowest BCUT2D eigenvalue weighted by atomic mass is 9.93. The van der Waals surface area contributed by atoms with Crippen molar-refractivity contribution in [1.29, 1.82) is 5.26 Å². The van der Waals surface area contributed by atoms with Crippen LogP contribution in [0.25, 0.3) is 0 Å². The zero-order valence-corrected chi connectivity index (χ0v) is 8.21. The maximum absolute atomic E-state index is 11.6. The number of amides is 1. The fourth-order valence-corrected chi connectivity index (χ4v) is 1.60. The van der Waals surface area contributed by atoms with Gasteiger partial charge in [-0.1, -0.05) is 11.6 Å². The van der Waals surface area contributed by atoms with Crippen molar-refractivity contribution in [2.45, 2.75) is 0 Å². The number of nitrogens with one attached hydrogen (secondary N) is 1. The molecule has 1 aromatic carbocycles. The van der Waals surface area contributed by atoms with Crippen molar-refractivity contribution in [2.75, 3.05) is 5.32 Å². The van der Waals surface area contributed by atoms with Gasteiger partial charge >= 0.3 is 0 Å². The number of benzene rings is 1. The lowest BCUT2D eigenvalue weighted by Gasteiger charge is -2.18. The average molecular weight is 221 g/mol. The van der Waals surface area contributed by atoms with E-state index >= 15 is 0 Å². The smallest absolute Gasteiger partial charge is 0.249 e. The van der Waals surface area contributed by atoms with Crippen LogP contribution in [0.15, 0.2) is 18.2 Å². The highest BCUT2D eigenvalue weighted by Crippen LogP contribution is 2.27. The Labute approximate surface area is 90.5 Å². The number of fused-ring (bicyclic) bond motifs is 1. The van der Waals surface area contributed by atoms with Crippen molar-refractivity contribution >= 4 is 29.0 Å². The van der Waals surface area contributed by atoms with Gasteiger partial charge in [0.1, 0.15) is 0 Å². The Bertz CT molecular complexity index is 505. The first-order valence-corrected chi connectivity index (χ1v) is 4.55. The molecular weight excluding hydrogens is 216 g/mol. The fraction of sp³-hybridized carbons (Fsp3) is 0.100. The quantitative estimate of drug-likeness (QED) is 0.676. The van der Waals surface area contributed by atoms with Gasteiger partial charge in [0.05, 0.1) is 11.8 Å². The third-order valence-electron chi connectivity index (χ3n) is 2.16. The van der Waals surface area contributed by atoms with Crippen molar-refractivity contribution in [1.82, 2.24) is 0 Å². The lowest BCUT2D eigenvalue weighted by molar-refractivity contribution is -0.117. The number of nitriles is 1. The average Bonchev–Trinajstić information content (AvgIpc) is 2.17. The molecule has 1 heterocycles. The van der Waals surface area contributed by atoms with E-state index in [-0.39, 0.29) is 0 Å². The summed E-state index contributed by atoms with van der Waals surface area (Å²) in [5.41, 5.74) is 0.689. The molecule has 0 fully saturated rings. The van der Waals surface area contributed by atoms with Gasteiger partial charge in [-0.15, -0.1) is 0 Å². The third kappa shape index (κ3) is 1.47. The van der Waals surface area contributed by atoms with Crippen LogP contribution >= 0.6 is 11.6 Å². The van der Waals surface area contributed by atoms with Gasteiger partial charge in [-0.25, -0.2) is 0 Å². The monoisotopic (exact) mass is 220 g/mol. The maximum atomic E-state index is 11.6. The molecule has 1 atom stereocenters. The standard InChI is InChI=1S/C10H5ClN2O2/c11-5-1-2-6-8(3-5)13-10(15)7(4-12)9(6)14/h1-3,7H,(H,13,15). The predicted molar refractivity (Wildman–Crippen MR) is 53.5 cm³/mol. The summed E-state index contributed by atoms with van der Waals surface area (Å²) in [5, 5.41) is 11.5. The van der Waals surface area contributed by atoms with Crippen LogP contribution in [-0.2, 0) is 4.79 Å². The zero-order valence-electron chi connectivity index (χ0n) is 7.45. The van der Waals surface area contributed by atoms with Gasteiger partial charge in [-0.2, -0.15) is 5.26 Å². The lowest BCUT2D eigenvalue weighted by Crippen LogP contribution is -2.34. The second-order valence-electron chi connectivity index (χ2n) is 3.11. The Kier molecular flexibility index (Phi) is 2.18. The van der Waals surface area contributed by atoms with Gasteiger partial charge in [0.2, 0.25) is 5.91 Å². The molecule has 0 radical (unpaired) electrons. The first-order valence-electron chi connectivity index (χ1n) is 4.17. The van der Waals surface area contributed by atoms with Crippen molar-refractivity contribution < 1.29 is 9.59 Å². The molecule has 0 aromatic heterocycles. The highest BCUT2D eigenvalue weighted by molar-refractivity contribution is 6.32. The van der Waals surface area contributed by atoms with Gasteiger partial charge in [0.25, 0.3) is 0 Å². The number of hydrogen-bond acceptors (Lipinski definition) is 3. The molecule has 4 nitrogen and oxygen atoms in total. The number of carbonyl (C=O) groups is 2. The first-order chi connectivity index (χ1) is 7.13. The number of anilines is 1. The molecular formula is C10H5ClN2O2. The van der Waals surface area contributed by atoms with Crippen LogP contribution < -0.4 is 5.32 Å². The normalized spacial score (nSPS) is 19.1. The van der Waals surface area contributed by atoms with E-state index in [1.54, 1.807) is 12.1 Å². The fourth-order valence-electron chi connectivity index (χ4n) is 1.43. The van der Waals surface area contributed by atoms with Crippen molar-refractivity contribution in [3.05, 3.63) is 28.8 Å². The summed E-state index contributed by atoms with van der Waals surface area (Å²) in [5.74, 6) is -2.33. The summed E-state index contributed by atoms with van der Waals surface area (Å²) in [6.45, 7) is 0. The minimum absolute atomic E-state index is 0.325. The summed E-state index contributed by atoms with van der Waals surface area (Å²) in [6, 6.07) is 6.20. The third-order valence-corrected chi connectivity index (χ3v) is 2.39. The molecule has 74 valence electrons. The number of hydrogen-bond donors (Lipinski definition) is 1. The van der Waals surface area contributed by atoms with Gasteiger partial charge in [0, 0.05) is 10.6 Å². The van der Waals surface area contributed by atoms with E-state index in [0.29, 0.717) is 16.3 Å². The summed E-state index contributed by atoms with van der Waals surface area (Å²) in [7, 11) is 0. The van der Waals surface area contributed by atoms with Crippen LogP contribution in [0, 0.1) is 17.2 Å². The summed E-state index contributed by atoms with van der Waals surface area (Å²) in [6.07, 6.45) is 0. The number of halogens is 1. The SMILES string of the molecule is N#CC1C(=O)Nc2cc(Cl)ccc2C1=O. The molecule has 0 spiro atoms. The minimum atomic E-state index is -1.25. The summed E-state index contributed by atoms with van der Waals surface area (Å²) in [4.78, 5) is 23.0. The Morgan fingerprint density at radius 3 is 2.80 bits per heavy atom. The molecule has 15 heavy (non-hydrogen) atoms. The number of nitrogens with zero attached hydrogens (tertiary/aromatic N) is 1. The molecule has 1 aliphatic rings. The zero-order chi connectivity index (χ0) is 11.0. The molecule has 0 aliphatic carbocycles. The van der Waals surface area contributed by atoms with E-state index in [4.69, 9.17) is 16.9 Å². The molecule has 0 saturated carbocycles. The number of Topliss-reactive ketones (excluding diaryl/α,β-unsaturated/α-hetero) is 1. The highest BCUT2D eigenvalue weighted by atomic mass is 35.5. The number of rotatable bonds is 0. The summed E-state index contributed by atoms with van der Waals surface area (Å²) >= 11 is 5.71. The van der Waals surface area contributed by atoms with Crippen molar-refractivity contribution in [3.8, 4) is 6.07 Å². The van der Waals surface area contributed by atoms with Crippen LogP contribution in [-0.4, -0.2) is 11.7 Å². The van der Waals surface area contributed by atoms with Gasteiger partial charge < -0.3 is 5.32 Å². The molecule has 1 aliphatic heterocycles.